The molecule has 0 saturated carbocycles. The van der Waals surface area contributed by atoms with Gasteiger partial charge in [0.1, 0.15) is 0 Å². The largest absolute Gasteiger partial charge is 0.333 e. The minimum Gasteiger partial charge on any atom is -0.326 e. The van der Waals surface area contributed by atoms with Crippen molar-refractivity contribution in [1.82, 2.24) is 14.5 Å². The molecular weight excluding hydrogens is 236 g/mol. The summed E-state index contributed by atoms with van der Waals surface area (Å²) in [6.07, 6.45) is 0. The van der Waals surface area contributed by atoms with Crippen molar-refractivity contribution in [3.05, 3.63) is 66.8 Å². The molecule has 0 aliphatic heterocycles. The fourth-order valence-electron chi connectivity index (χ4n) is 1.68. The Hall–Kier alpha value is -2.41. The first-order chi connectivity index (χ1) is 8.61. The quantitative estimate of drug-likeness (QED) is 0.628. The summed E-state index contributed by atoms with van der Waals surface area (Å²) >= 11 is 0. The van der Waals surface area contributed by atoms with Gasteiger partial charge in [-0.05, 0) is 11.1 Å². The van der Waals surface area contributed by atoms with Gasteiger partial charge in [0.15, 0.2) is 0 Å². The molecule has 0 bridgehead atoms. The van der Waals surface area contributed by atoms with E-state index in [1.54, 1.807) is 12.1 Å². The summed E-state index contributed by atoms with van der Waals surface area (Å²) in [5.74, 6) is 0. The van der Waals surface area contributed by atoms with Gasteiger partial charge in [0.05, 0.1) is 6.54 Å². The predicted octanol–water partition coefficient (Wildman–Crippen LogP) is -1.27. The van der Waals surface area contributed by atoms with E-state index in [0.29, 0.717) is 6.54 Å². The van der Waals surface area contributed by atoms with E-state index in [1.165, 1.54) is 0 Å². The highest BCUT2D eigenvalue weighted by Gasteiger charge is 2.06. The lowest BCUT2D eigenvalue weighted by Crippen LogP contribution is -2.43. The molecule has 1 aromatic heterocycles. The number of H-pyrrole nitrogens is 2. The zero-order valence-electron chi connectivity index (χ0n) is 9.47. The van der Waals surface area contributed by atoms with Gasteiger partial charge in [0.2, 0.25) is 0 Å². The van der Waals surface area contributed by atoms with Crippen LogP contribution in [0.1, 0.15) is 11.1 Å². The third kappa shape index (κ3) is 2.30. The zero-order valence-corrected chi connectivity index (χ0v) is 9.47. The molecule has 0 amide bonds. The van der Waals surface area contributed by atoms with E-state index in [-0.39, 0.29) is 6.54 Å². The fraction of sp³-hybridized carbons (Fsp3) is 0.182. The van der Waals surface area contributed by atoms with Gasteiger partial charge in [-0.25, -0.2) is 19.0 Å². The molecule has 0 spiro atoms. The molecule has 1 heterocycles. The van der Waals surface area contributed by atoms with Crippen molar-refractivity contribution < 1.29 is 0 Å². The van der Waals surface area contributed by atoms with Crippen LogP contribution in [0.3, 0.4) is 0 Å². The second-order valence-corrected chi connectivity index (χ2v) is 3.75. The molecule has 0 aliphatic rings. The van der Waals surface area contributed by atoms with Gasteiger partial charge >= 0.3 is 17.1 Å². The van der Waals surface area contributed by atoms with Crippen LogP contribution in [0, 0.1) is 0 Å². The Labute approximate surface area is 101 Å². The molecule has 0 fully saturated rings. The summed E-state index contributed by atoms with van der Waals surface area (Å²) in [5, 5.41) is 0. The van der Waals surface area contributed by atoms with Crippen LogP contribution in [0.15, 0.2) is 38.6 Å². The number of hydrogen-bond acceptors (Lipinski definition) is 4. The van der Waals surface area contributed by atoms with E-state index >= 15 is 0 Å². The lowest BCUT2D eigenvalue weighted by molar-refractivity contribution is 0.649. The lowest BCUT2D eigenvalue weighted by Gasteiger charge is -2.08. The van der Waals surface area contributed by atoms with E-state index in [1.807, 2.05) is 22.1 Å². The van der Waals surface area contributed by atoms with Crippen LogP contribution < -0.4 is 22.8 Å². The smallest absolute Gasteiger partial charge is 0.326 e. The van der Waals surface area contributed by atoms with Gasteiger partial charge in [-0.15, -0.1) is 0 Å². The van der Waals surface area contributed by atoms with Crippen molar-refractivity contribution in [1.29, 1.82) is 0 Å². The third-order valence-corrected chi connectivity index (χ3v) is 2.60. The lowest BCUT2D eigenvalue weighted by atomic mass is 10.1. The van der Waals surface area contributed by atoms with E-state index < -0.39 is 17.1 Å². The maximum absolute atomic E-state index is 11.5. The second-order valence-electron chi connectivity index (χ2n) is 3.75. The second kappa shape index (κ2) is 4.84. The van der Waals surface area contributed by atoms with Crippen LogP contribution in [-0.4, -0.2) is 14.5 Å². The van der Waals surface area contributed by atoms with Gasteiger partial charge in [0.25, 0.3) is 0 Å². The molecule has 1 aromatic carbocycles. The Morgan fingerprint density at radius 1 is 1.00 bits per heavy atom. The standard InChI is InChI=1S/C11H12N4O3/c12-5-7-3-1-2-4-8(7)6-15-10(17)13-9(16)14-11(15)18/h1-4H,5-6,12H2,(H2,13,14,16,17,18). The summed E-state index contributed by atoms with van der Waals surface area (Å²) in [5.41, 5.74) is 4.89. The zero-order chi connectivity index (χ0) is 13.1. The summed E-state index contributed by atoms with van der Waals surface area (Å²) in [7, 11) is 0. The molecular formula is C11H12N4O3. The normalized spacial score (nSPS) is 10.5. The molecule has 2 rings (SSSR count). The van der Waals surface area contributed by atoms with Crippen LogP contribution >= 0.6 is 0 Å². The van der Waals surface area contributed by atoms with Crippen molar-refractivity contribution in [3.8, 4) is 0 Å². The van der Waals surface area contributed by atoms with Crippen molar-refractivity contribution in [2.75, 3.05) is 0 Å². The molecule has 7 nitrogen and oxygen atoms in total. The number of nitrogens with zero attached hydrogens (tertiary/aromatic N) is 1. The van der Waals surface area contributed by atoms with Crippen molar-refractivity contribution in [2.45, 2.75) is 13.1 Å². The number of nitrogens with one attached hydrogen (secondary N) is 2. The molecule has 4 N–H and O–H groups in total. The molecule has 18 heavy (non-hydrogen) atoms. The minimum atomic E-state index is -0.812. The topological polar surface area (TPSA) is 114 Å². The van der Waals surface area contributed by atoms with E-state index in [0.717, 1.165) is 15.7 Å². The molecule has 0 atom stereocenters. The highest BCUT2D eigenvalue weighted by atomic mass is 16.2. The Balaban J connectivity index is 2.50. The van der Waals surface area contributed by atoms with E-state index in [2.05, 4.69) is 0 Å². The Kier molecular flexibility index (Phi) is 3.24. The number of benzene rings is 1. The van der Waals surface area contributed by atoms with Gasteiger partial charge in [-0.1, -0.05) is 24.3 Å². The van der Waals surface area contributed by atoms with Gasteiger partial charge in [0, 0.05) is 6.54 Å². The maximum atomic E-state index is 11.5. The number of nitrogens with two attached hydrogens (primary N) is 1. The Bertz CT molecular complexity index is 692. The molecule has 7 heteroatoms. The fourth-order valence-corrected chi connectivity index (χ4v) is 1.68. The van der Waals surface area contributed by atoms with Gasteiger partial charge < -0.3 is 5.73 Å². The number of aromatic nitrogens is 3. The minimum absolute atomic E-state index is 0.0678. The highest BCUT2D eigenvalue weighted by Crippen LogP contribution is 2.07. The summed E-state index contributed by atoms with van der Waals surface area (Å²) in [6, 6.07) is 7.21. The first-order valence-electron chi connectivity index (χ1n) is 5.32. The Morgan fingerprint density at radius 2 is 1.56 bits per heavy atom. The summed E-state index contributed by atoms with van der Waals surface area (Å²) < 4.78 is 0.913. The van der Waals surface area contributed by atoms with E-state index in [4.69, 9.17) is 5.73 Å². The number of aromatic amines is 2. The highest BCUT2D eigenvalue weighted by molar-refractivity contribution is 5.27. The number of hydrogen-bond donors (Lipinski definition) is 3. The first-order valence-corrected chi connectivity index (χ1v) is 5.32. The molecule has 0 unspecified atom stereocenters. The average Bonchev–Trinajstić information content (AvgIpc) is 2.34. The maximum Gasteiger partial charge on any atom is 0.333 e. The molecule has 0 radical (unpaired) electrons. The van der Waals surface area contributed by atoms with Gasteiger partial charge in [-0.2, -0.15) is 0 Å². The monoisotopic (exact) mass is 248 g/mol. The van der Waals surface area contributed by atoms with Crippen molar-refractivity contribution >= 4 is 0 Å². The first kappa shape index (κ1) is 12.1. The van der Waals surface area contributed by atoms with Crippen LogP contribution in [0.4, 0.5) is 0 Å². The van der Waals surface area contributed by atoms with Crippen molar-refractivity contribution in [2.24, 2.45) is 5.73 Å². The van der Waals surface area contributed by atoms with Crippen molar-refractivity contribution in [3.63, 3.8) is 0 Å². The average molecular weight is 248 g/mol. The van der Waals surface area contributed by atoms with Crippen LogP contribution in [0.5, 0.6) is 0 Å². The van der Waals surface area contributed by atoms with E-state index in [9.17, 15) is 14.4 Å². The van der Waals surface area contributed by atoms with Gasteiger partial charge in [-0.3, -0.25) is 9.97 Å². The summed E-state index contributed by atoms with van der Waals surface area (Å²) in [6.45, 7) is 0.379. The molecule has 0 aliphatic carbocycles. The van der Waals surface area contributed by atoms with Crippen LogP contribution in [0.2, 0.25) is 0 Å². The Morgan fingerprint density at radius 3 is 2.11 bits per heavy atom. The summed E-state index contributed by atoms with van der Waals surface area (Å²) in [4.78, 5) is 37.9. The molecule has 0 saturated heterocycles. The van der Waals surface area contributed by atoms with Crippen LogP contribution in [-0.2, 0) is 13.1 Å². The molecule has 94 valence electrons. The molecule has 2 aromatic rings. The predicted molar refractivity (Wildman–Crippen MR) is 65.4 cm³/mol. The SMILES string of the molecule is NCc1ccccc1Cn1c(=O)[nH]c(=O)[nH]c1=O. The number of rotatable bonds is 3. The third-order valence-electron chi connectivity index (χ3n) is 2.60. The van der Waals surface area contributed by atoms with Crippen LogP contribution in [0.25, 0.3) is 0 Å².